The van der Waals surface area contributed by atoms with Crippen LogP contribution in [0, 0.1) is 18.6 Å². The van der Waals surface area contributed by atoms with E-state index in [1.165, 1.54) is 6.07 Å². The number of halogens is 5. The predicted octanol–water partition coefficient (Wildman–Crippen LogP) is 6.02. The highest BCUT2D eigenvalue weighted by molar-refractivity contribution is 7.99. The van der Waals surface area contributed by atoms with Crippen molar-refractivity contribution in [2.45, 2.75) is 31.7 Å². The van der Waals surface area contributed by atoms with Crippen LogP contribution in [0.5, 0.6) is 0 Å². The van der Waals surface area contributed by atoms with E-state index in [0.717, 1.165) is 23.9 Å². The van der Waals surface area contributed by atoms with Crippen LogP contribution >= 0.6 is 11.8 Å². The summed E-state index contributed by atoms with van der Waals surface area (Å²) in [6, 6.07) is 8.37. The number of hydrogen-bond donors (Lipinski definition) is 2. The van der Waals surface area contributed by atoms with Crippen LogP contribution in [-0.2, 0) is 0 Å². The molecule has 1 aromatic heterocycles. The number of nitrogens with zero attached hydrogens (tertiary/aromatic N) is 1. The summed E-state index contributed by atoms with van der Waals surface area (Å²) < 4.78 is 70.9. The second-order valence-corrected chi connectivity index (χ2v) is 8.40. The molecule has 1 heterocycles. The van der Waals surface area contributed by atoms with Gasteiger partial charge in [-0.3, -0.25) is 4.98 Å². The van der Waals surface area contributed by atoms with Crippen LogP contribution in [0.1, 0.15) is 24.2 Å². The van der Waals surface area contributed by atoms with Gasteiger partial charge in [-0.15, -0.1) is 0 Å². The predicted molar refractivity (Wildman–Crippen MR) is 113 cm³/mol. The SMILES string of the molecule is CCSCC(O)(C(Nc1cccc2nc(C)ccc12)c1cc(F)ccc1F)C(F)(F)F. The zero-order chi connectivity index (χ0) is 22.8. The zero-order valence-electron chi connectivity index (χ0n) is 16.8. The molecule has 2 unspecified atom stereocenters. The van der Waals surface area contributed by atoms with Gasteiger partial charge in [-0.05, 0) is 55.1 Å². The fourth-order valence-corrected chi connectivity index (χ4v) is 4.16. The zero-order valence-corrected chi connectivity index (χ0v) is 17.6. The molecule has 9 heteroatoms. The molecule has 0 aliphatic carbocycles. The molecule has 0 saturated heterocycles. The Balaban J connectivity index is 2.20. The van der Waals surface area contributed by atoms with E-state index in [2.05, 4.69) is 10.3 Å². The van der Waals surface area contributed by atoms with Crippen LogP contribution in [0.15, 0.2) is 48.5 Å². The summed E-state index contributed by atoms with van der Waals surface area (Å²) in [5, 5.41) is 14.0. The highest BCUT2D eigenvalue weighted by Gasteiger charge is 2.59. The molecule has 0 aliphatic rings. The lowest BCUT2D eigenvalue weighted by molar-refractivity contribution is -0.256. The average molecular weight is 456 g/mol. The maximum Gasteiger partial charge on any atom is 0.420 e. The van der Waals surface area contributed by atoms with E-state index < -0.39 is 40.8 Å². The summed E-state index contributed by atoms with van der Waals surface area (Å²) in [5.41, 5.74) is -2.55. The first-order chi connectivity index (χ1) is 14.6. The van der Waals surface area contributed by atoms with Crippen molar-refractivity contribution in [3.8, 4) is 0 Å². The van der Waals surface area contributed by atoms with Crippen molar-refractivity contribution in [3.63, 3.8) is 0 Å². The number of rotatable bonds is 7. The van der Waals surface area contributed by atoms with Gasteiger partial charge >= 0.3 is 6.18 Å². The number of aromatic nitrogens is 1. The molecule has 31 heavy (non-hydrogen) atoms. The van der Waals surface area contributed by atoms with Gasteiger partial charge in [0.2, 0.25) is 0 Å². The Morgan fingerprint density at radius 2 is 1.84 bits per heavy atom. The summed E-state index contributed by atoms with van der Waals surface area (Å²) in [7, 11) is 0. The average Bonchev–Trinajstić information content (AvgIpc) is 2.71. The third kappa shape index (κ3) is 4.77. The number of pyridine rings is 1. The minimum atomic E-state index is -5.12. The van der Waals surface area contributed by atoms with Gasteiger partial charge in [0.05, 0.1) is 11.6 Å². The fraction of sp³-hybridized carbons (Fsp3) is 0.318. The summed E-state index contributed by atoms with van der Waals surface area (Å²) in [6.07, 6.45) is -5.12. The van der Waals surface area contributed by atoms with Gasteiger partial charge in [-0.1, -0.05) is 13.0 Å². The minimum Gasteiger partial charge on any atom is -0.378 e. The number of hydrogen-bond acceptors (Lipinski definition) is 4. The number of benzene rings is 2. The van der Waals surface area contributed by atoms with Gasteiger partial charge < -0.3 is 10.4 Å². The maximum atomic E-state index is 14.6. The molecule has 2 N–H and O–H groups in total. The normalized spacial score (nSPS) is 15.0. The lowest BCUT2D eigenvalue weighted by atomic mass is 9.88. The first kappa shape index (κ1) is 23.3. The molecule has 0 aliphatic heterocycles. The van der Waals surface area contributed by atoms with Crippen LogP contribution in [0.3, 0.4) is 0 Å². The molecule has 3 nitrogen and oxygen atoms in total. The van der Waals surface area contributed by atoms with Crippen LogP contribution in [0.2, 0.25) is 0 Å². The standard InChI is InChI=1S/C22H21F5N2OS/c1-3-31-12-21(30,22(25,26)27)20(16-11-14(23)8-10-17(16)24)29-19-6-4-5-18-15(19)9-7-13(2)28-18/h4-11,20,29-30H,3,12H2,1-2H3. The Morgan fingerprint density at radius 3 is 2.52 bits per heavy atom. The Bertz CT molecular complexity index is 1080. The first-order valence-corrected chi connectivity index (χ1v) is 10.7. The van der Waals surface area contributed by atoms with Crippen molar-refractivity contribution in [2.75, 3.05) is 16.8 Å². The minimum absolute atomic E-state index is 0.211. The van der Waals surface area contributed by atoms with Gasteiger partial charge in [0.15, 0.2) is 5.60 Å². The molecule has 0 amide bonds. The van der Waals surface area contributed by atoms with E-state index in [1.807, 2.05) is 0 Å². The Kier molecular flexibility index (Phi) is 6.76. The molecule has 0 saturated carbocycles. The molecule has 0 spiro atoms. The lowest BCUT2D eigenvalue weighted by Gasteiger charge is -2.39. The van der Waals surface area contributed by atoms with Gasteiger partial charge in [0, 0.05) is 28.1 Å². The third-order valence-electron chi connectivity index (χ3n) is 4.93. The quantitative estimate of drug-likeness (QED) is 0.427. The van der Waals surface area contributed by atoms with E-state index in [1.54, 1.807) is 38.1 Å². The van der Waals surface area contributed by atoms with Crippen molar-refractivity contribution in [1.29, 1.82) is 0 Å². The molecular formula is C22H21F5N2OS. The Labute approximate surface area is 180 Å². The topological polar surface area (TPSA) is 45.1 Å². The smallest absolute Gasteiger partial charge is 0.378 e. The highest BCUT2D eigenvalue weighted by Crippen LogP contribution is 2.45. The van der Waals surface area contributed by atoms with Crippen LogP contribution in [-0.4, -0.2) is 33.4 Å². The number of aliphatic hydroxyl groups is 1. The highest BCUT2D eigenvalue weighted by atomic mass is 32.2. The Morgan fingerprint density at radius 1 is 1.10 bits per heavy atom. The number of anilines is 1. The number of nitrogens with one attached hydrogen (secondary N) is 1. The summed E-state index contributed by atoms with van der Waals surface area (Å²) in [4.78, 5) is 4.35. The van der Waals surface area contributed by atoms with Gasteiger partial charge in [-0.25, -0.2) is 8.78 Å². The molecule has 0 fully saturated rings. The summed E-state index contributed by atoms with van der Waals surface area (Å²) in [5.74, 6) is -2.43. The van der Waals surface area contributed by atoms with Crippen LogP contribution in [0.25, 0.3) is 10.9 Å². The van der Waals surface area contributed by atoms with Gasteiger partial charge in [0.25, 0.3) is 0 Å². The van der Waals surface area contributed by atoms with E-state index >= 15 is 0 Å². The number of thioether (sulfide) groups is 1. The maximum absolute atomic E-state index is 14.6. The summed E-state index contributed by atoms with van der Waals surface area (Å²) in [6.45, 7) is 3.42. The molecule has 3 rings (SSSR count). The second-order valence-electron chi connectivity index (χ2n) is 7.13. The third-order valence-corrected chi connectivity index (χ3v) is 5.99. The molecule has 2 aromatic carbocycles. The fourth-order valence-electron chi connectivity index (χ4n) is 3.31. The van der Waals surface area contributed by atoms with Crippen LogP contribution < -0.4 is 5.32 Å². The van der Waals surface area contributed by atoms with Gasteiger partial charge in [0.1, 0.15) is 11.6 Å². The second kappa shape index (κ2) is 9.00. The molecule has 166 valence electrons. The molecular weight excluding hydrogens is 435 g/mol. The molecule has 2 atom stereocenters. The van der Waals surface area contributed by atoms with E-state index in [-0.39, 0.29) is 5.69 Å². The van der Waals surface area contributed by atoms with E-state index in [9.17, 15) is 27.1 Å². The van der Waals surface area contributed by atoms with Gasteiger partial charge in [-0.2, -0.15) is 24.9 Å². The molecule has 3 aromatic rings. The van der Waals surface area contributed by atoms with E-state index in [0.29, 0.717) is 28.4 Å². The van der Waals surface area contributed by atoms with Crippen molar-refractivity contribution in [1.82, 2.24) is 4.98 Å². The van der Waals surface area contributed by atoms with Crippen molar-refractivity contribution in [2.24, 2.45) is 0 Å². The molecule has 0 bridgehead atoms. The van der Waals surface area contributed by atoms with Crippen LogP contribution in [0.4, 0.5) is 27.6 Å². The first-order valence-electron chi connectivity index (χ1n) is 9.51. The molecule has 0 radical (unpaired) electrons. The van der Waals surface area contributed by atoms with E-state index in [4.69, 9.17) is 0 Å². The Hall–Kier alpha value is -2.39. The number of aryl methyl sites for hydroxylation is 1. The largest absolute Gasteiger partial charge is 0.420 e. The van der Waals surface area contributed by atoms with Crippen molar-refractivity contribution < 1.29 is 27.1 Å². The monoisotopic (exact) mass is 456 g/mol. The number of fused-ring (bicyclic) bond motifs is 1. The number of alkyl halides is 3. The summed E-state index contributed by atoms with van der Waals surface area (Å²) >= 11 is 0.853. The van der Waals surface area contributed by atoms with Crippen molar-refractivity contribution >= 4 is 28.4 Å². The van der Waals surface area contributed by atoms with Crippen molar-refractivity contribution in [3.05, 3.63) is 71.4 Å². The lowest BCUT2D eigenvalue weighted by Crippen LogP contribution is -2.55.